The van der Waals surface area contributed by atoms with E-state index in [2.05, 4.69) is 5.10 Å². The van der Waals surface area contributed by atoms with E-state index in [1.807, 2.05) is 6.07 Å². The molecular formula is C11H9FN4. The second kappa shape index (κ2) is 3.66. The third kappa shape index (κ3) is 1.50. The quantitative estimate of drug-likeness (QED) is 0.789. The Bertz CT molecular complexity index is 580. The number of nitrogens with two attached hydrogens (primary N) is 1. The Morgan fingerprint density at radius 1 is 1.50 bits per heavy atom. The summed E-state index contributed by atoms with van der Waals surface area (Å²) in [5, 5.41) is 12.7. The monoisotopic (exact) mass is 216 g/mol. The summed E-state index contributed by atoms with van der Waals surface area (Å²) in [4.78, 5) is 0. The molecule has 0 unspecified atom stereocenters. The molecule has 0 aliphatic heterocycles. The Morgan fingerprint density at radius 2 is 2.25 bits per heavy atom. The van der Waals surface area contributed by atoms with Crippen LogP contribution in [0, 0.1) is 24.1 Å². The molecule has 0 aliphatic rings. The van der Waals surface area contributed by atoms with Gasteiger partial charge in [0.05, 0.1) is 11.9 Å². The highest BCUT2D eigenvalue weighted by atomic mass is 19.1. The van der Waals surface area contributed by atoms with Crippen LogP contribution in [0.4, 0.5) is 10.2 Å². The number of hydrogen-bond acceptors (Lipinski definition) is 3. The van der Waals surface area contributed by atoms with Crippen molar-refractivity contribution in [1.29, 1.82) is 5.26 Å². The summed E-state index contributed by atoms with van der Waals surface area (Å²) < 4.78 is 14.3. The molecule has 0 aliphatic carbocycles. The number of nitriles is 1. The lowest BCUT2D eigenvalue weighted by Crippen LogP contribution is -2.04. The summed E-state index contributed by atoms with van der Waals surface area (Å²) in [6.07, 6.45) is 1.39. The molecule has 0 amide bonds. The molecule has 0 saturated heterocycles. The van der Waals surface area contributed by atoms with Crippen LogP contribution in [0.15, 0.2) is 24.4 Å². The lowest BCUT2D eigenvalue weighted by molar-refractivity contribution is 0.625. The van der Waals surface area contributed by atoms with Gasteiger partial charge in [0.1, 0.15) is 23.3 Å². The van der Waals surface area contributed by atoms with Crippen molar-refractivity contribution in [2.45, 2.75) is 6.92 Å². The number of nitrogen functional groups attached to an aromatic ring is 1. The maximum Gasteiger partial charge on any atom is 0.145 e. The normalized spacial score (nSPS) is 10.1. The van der Waals surface area contributed by atoms with Gasteiger partial charge in [-0.2, -0.15) is 10.4 Å². The highest BCUT2D eigenvalue weighted by Gasteiger charge is 2.10. The molecule has 0 atom stereocenters. The van der Waals surface area contributed by atoms with E-state index in [-0.39, 0.29) is 11.6 Å². The number of halogens is 1. The first-order valence-corrected chi connectivity index (χ1v) is 4.63. The fraction of sp³-hybridized carbons (Fsp3) is 0.0909. The van der Waals surface area contributed by atoms with Crippen molar-refractivity contribution in [2.75, 3.05) is 5.73 Å². The molecule has 1 aromatic carbocycles. The molecular weight excluding hydrogens is 207 g/mol. The van der Waals surface area contributed by atoms with Gasteiger partial charge in [0.2, 0.25) is 0 Å². The standard InChI is InChI=1S/C11H9FN4/c1-7-4-9(12)2-3-10(7)16-11(14)8(5-13)6-15-16/h2-4,6H,14H2,1H3. The summed E-state index contributed by atoms with van der Waals surface area (Å²) >= 11 is 0. The van der Waals surface area contributed by atoms with Gasteiger partial charge in [0, 0.05) is 0 Å². The highest BCUT2D eigenvalue weighted by Crippen LogP contribution is 2.20. The van der Waals surface area contributed by atoms with Crippen LogP contribution in [-0.2, 0) is 0 Å². The second-order valence-electron chi connectivity index (χ2n) is 3.40. The van der Waals surface area contributed by atoms with E-state index in [4.69, 9.17) is 11.0 Å². The minimum Gasteiger partial charge on any atom is -0.382 e. The third-order valence-electron chi connectivity index (χ3n) is 2.31. The van der Waals surface area contributed by atoms with Gasteiger partial charge in [-0.05, 0) is 30.7 Å². The van der Waals surface area contributed by atoms with Gasteiger partial charge in [-0.3, -0.25) is 0 Å². The van der Waals surface area contributed by atoms with E-state index in [0.717, 1.165) is 0 Å². The smallest absolute Gasteiger partial charge is 0.145 e. The van der Waals surface area contributed by atoms with Crippen LogP contribution in [0.5, 0.6) is 0 Å². The van der Waals surface area contributed by atoms with E-state index in [1.54, 1.807) is 13.0 Å². The van der Waals surface area contributed by atoms with Gasteiger partial charge in [0.15, 0.2) is 0 Å². The van der Waals surface area contributed by atoms with Gasteiger partial charge < -0.3 is 5.73 Å². The molecule has 0 radical (unpaired) electrons. The Kier molecular flexibility index (Phi) is 2.33. The minimum absolute atomic E-state index is 0.261. The van der Waals surface area contributed by atoms with E-state index in [1.165, 1.54) is 23.0 Å². The maximum absolute atomic E-state index is 12.9. The Morgan fingerprint density at radius 3 is 2.81 bits per heavy atom. The molecule has 80 valence electrons. The second-order valence-corrected chi connectivity index (χ2v) is 3.40. The van der Waals surface area contributed by atoms with Gasteiger partial charge in [-0.15, -0.1) is 0 Å². The predicted octanol–water partition coefficient (Wildman–Crippen LogP) is 1.77. The number of anilines is 1. The number of aromatic nitrogens is 2. The summed E-state index contributed by atoms with van der Waals surface area (Å²) in [6, 6.07) is 6.23. The number of hydrogen-bond donors (Lipinski definition) is 1. The molecule has 1 heterocycles. The predicted molar refractivity (Wildman–Crippen MR) is 57.4 cm³/mol. The Labute approximate surface area is 91.7 Å². The van der Waals surface area contributed by atoms with Crippen molar-refractivity contribution in [3.8, 4) is 11.8 Å². The van der Waals surface area contributed by atoms with Crippen molar-refractivity contribution < 1.29 is 4.39 Å². The topological polar surface area (TPSA) is 67.6 Å². The van der Waals surface area contributed by atoms with Crippen LogP contribution in [0.2, 0.25) is 0 Å². The summed E-state index contributed by atoms with van der Waals surface area (Å²) in [7, 11) is 0. The Hall–Kier alpha value is -2.35. The molecule has 5 heteroatoms. The van der Waals surface area contributed by atoms with E-state index >= 15 is 0 Å². The zero-order valence-corrected chi connectivity index (χ0v) is 8.61. The van der Waals surface area contributed by atoms with E-state index < -0.39 is 0 Å². The maximum atomic E-state index is 12.9. The average Bonchev–Trinajstić information content (AvgIpc) is 2.60. The minimum atomic E-state index is -0.313. The Balaban J connectivity index is 2.60. The van der Waals surface area contributed by atoms with Gasteiger partial charge in [-0.25, -0.2) is 9.07 Å². The van der Waals surface area contributed by atoms with Crippen LogP contribution in [-0.4, -0.2) is 9.78 Å². The largest absolute Gasteiger partial charge is 0.382 e. The van der Waals surface area contributed by atoms with Gasteiger partial charge in [-0.1, -0.05) is 0 Å². The van der Waals surface area contributed by atoms with Crippen LogP contribution >= 0.6 is 0 Å². The molecule has 0 saturated carbocycles. The molecule has 2 rings (SSSR count). The van der Waals surface area contributed by atoms with E-state index in [9.17, 15) is 4.39 Å². The number of rotatable bonds is 1. The summed E-state index contributed by atoms with van der Waals surface area (Å²) in [5.41, 5.74) is 7.42. The van der Waals surface area contributed by atoms with Crippen molar-refractivity contribution in [3.63, 3.8) is 0 Å². The van der Waals surface area contributed by atoms with Crippen molar-refractivity contribution >= 4 is 5.82 Å². The van der Waals surface area contributed by atoms with Crippen LogP contribution < -0.4 is 5.73 Å². The van der Waals surface area contributed by atoms with E-state index in [0.29, 0.717) is 16.8 Å². The lowest BCUT2D eigenvalue weighted by atomic mass is 10.2. The number of benzene rings is 1. The molecule has 0 fully saturated rings. The molecule has 16 heavy (non-hydrogen) atoms. The molecule has 2 aromatic rings. The van der Waals surface area contributed by atoms with Crippen molar-refractivity contribution in [3.05, 3.63) is 41.3 Å². The third-order valence-corrected chi connectivity index (χ3v) is 2.31. The van der Waals surface area contributed by atoms with Gasteiger partial charge in [0.25, 0.3) is 0 Å². The highest BCUT2D eigenvalue weighted by molar-refractivity contribution is 5.54. The first-order chi connectivity index (χ1) is 7.63. The fourth-order valence-electron chi connectivity index (χ4n) is 1.49. The molecule has 0 spiro atoms. The summed E-state index contributed by atoms with van der Waals surface area (Å²) in [5.74, 6) is -0.0512. The fourth-order valence-corrected chi connectivity index (χ4v) is 1.49. The van der Waals surface area contributed by atoms with Gasteiger partial charge >= 0.3 is 0 Å². The zero-order chi connectivity index (χ0) is 11.7. The average molecular weight is 216 g/mol. The molecule has 4 nitrogen and oxygen atoms in total. The first-order valence-electron chi connectivity index (χ1n) is 4.63. The number of aryl methyl sites for hydroxylation is 1. The van der Waals surface area contributed by atoms with Crippen LogP contribution in [0.25, 0.3) is 5.69 Å². The van der Waals surface area contributed by atoms with Crippen molar-refractivity contribution in [2.24, 2.45) is 0 Å². The first kappa shape index (κ1) is 10.2. The molecule has 2 N–H and O–H groups in total. The van der Waals surface area contributed by atoms with Crippen LogP contribution in [0.1, 0.15) is 11.1 Å². The lowest BCUT2D eigenvalue weighted by Gasteiger charge is -2.07. The zero-order valence-electron chi connectivity index (χ0n) is 8.61. The molecule has 1 aromatic heterocycles. The SMILES string of the molecule is Cc1cc(F)ccc1-n1ncc(C#N)c1N. The van der Waals surface area contributed by atoms with Crippen molar-refractivity contribution in [1.82, 2.24) is 9.78 Å². The molecule has 0 bridgehead atoms. The van der Waals surface area contributed by atoms with Crippen LogP contribution in [0.3, 0.4) is 0 Å². The number of nitrogens with zero attached hydrogens (tertiary/aromatic N) is 3. The summed E-state index contributed by atoms with van der Waals surface area (Å²) in [6.45, 7) is 1.76.